The van der Waals surface area contributed by atoms with Gasteiger partial charge in [0.1, 0.15) is 18.1 Å². The number of urea groups is 1. The first-order chi connectivity index (χ1) is 14.4. The molecule has 1 heterocycles. The van der Waals surface area contributed by atoms with E-state index in [1.807, 2.05) is 0 Å². The van der Waals surface area contributed by atoms with E-state index in [0.29, 0.717) is 12.2 Å². The third kappa shape index (κ3) is 4.75. The third-order valence-electron chi connectivity index (χ3n) is 4.17. The Balaban J connectivity index is 1.81. The Bertz CT molecular complexity index is 1020. The minimum atomic E-state index is -1.38. The SMILES string of the molecule is CCOc1cc(C=C2NC(=O)N(Cc3ccccc3F)C2=O)ccc1OCC(=O)[O-]. The molecule has 0 unspecified atom stereocenters. The van der Waals surface area contributed by atoms with Gasteiger partial charge in [0, 0.05) is 5.56 Å². The molecule has 0 bridgehead atoms. The van der Waals surface area contributed by atoms with Crippen LogP contribution >= 0.6 is 0 Å². The van der Waals surface area contributed by atoms with Crippen molar-refractivity contribution in [2.45, 2.75) is 13.5 Å². The molecule has 0 spiro atoms. The monoisotopic (exact) mass is 413 g/mol. The maximum absolute atomic E-state index is 13.9. The summed E-state index contributed by atoms with van der Waals surface area (Å²) in [6.07, 6.45) is 1.44. The molecule has 0 saturated carbocycles. The van der Waals surface area contributed by atoms with Crippen molar-refractivity contribution in [1.82, 2.24) is 10.2 Å². The molecule has 0 atom stereocenters. The summed E-state index contributed by atoms with van der Waals surface area (Å²) in [7, 11) is 0. The highest BCUT2D eigenvalue weighted by Crippen LogP contribution is 2.30. The molecule has 0 radical (unpaired) electrons. The van der Waals surface area contributed by atoms with Gasteiger partial charge in [0.05, 0.1) is 19.1 Å². The Morgan fingerprint density at radius 2 is 1.93 bits per heavy atom. The maximum atomic E-state index is 13.9. The lowest BCUT2D eigenvalue weighted by atomic mass is 10.1. The van der Waals surface area contributed by atoms with Crippen molar-refractivity contribution in [3.05, 3.63) is 65.1 Å². The average Bonchev–Trinajstić information content (AvgIpc) is 2.96. The molecule has 2 aromatic rings. The molecule has 1 saturated heterocycles. The first-order valence-electron chi connectivity index (χ1n) is 9.06. The predicted molar refractivity (Wildman–Crippen MR) is 102 cm³/mol. The molecular weight excluding hydrogens is 395 g/mol. The number of imide groups is 1. The van der Waals surface area contributed by atoms with E-state index in [2.05, 4.69) is 5.32 Å². The van der Waals surface area contributed by atoms with Crippen LogP contribution in [0.4, 0.5) is 9.18 Å². The smallest absolute Gasteiger partial charge is 0.329 e. The number of ether oxygens (including phenoxy) is 2. The number of amides is 3. The quantitative estimate of drug-likeness (QED) is 0.518. The number of hydrogen-bond donors (Lipinski definition) is 1. The highest BCUT2D eigenvalue weighted by Gasteiger charge is 2.34. The summed E-state index contributed by atoms with van der Waals surface area (Å²) in [6, 6.07) is 9.83. The van der Waals surface area contributed by atoms with Gasteiger partial charge in [-0.15, -0.1) is 0 Å². The fourth-order valence-corrected chi connectivity index (χ4v) is 2.82. The number of carbonyl (C=O) groups is 3. The zero-order valence-electron chi connectivity index (χ0n) is 16.0. The second-order valence-electron chi connectivity index (χ2n) is 6.27. The van der Waals surface area contributed by atoms with Gasteiger partial charge in [0.15, 0.2) is 11.5 Å². The Kier molecular flexibility index (Phi) is 6.31. The van der Waals surface area contributed by atoms with Gasteiger partial charge >= 0.3 is 6.03 Å². The first kappa shape index (κ1) is 20.8. The van der Waals surface area contributed by atoms with Gasteiger partial charge in [0.25, 0.3) is 5.91 Å². The normalized spacial score (nSPS) is 14.7. The summed E-state index contributed by atoms with van der Waals surface area (Å²) in [6.45, 7) is 1.21. The van der Waals surface area contributed by atoms with Crippen molar-refractivity contribution < 1.29 is 33.4 Å². The van der Waals surface area contributed by atoms with Crippen LogP contribution in [0, 0.1) is 5.82 Å². The number of rotatable bonds is 8. The van der Waals surface area contributed by atoms with E-state index in [0.717, 1.165) is 4.90 Å². The van der Waals surface area contributed by atoms with Crippen molar-refractivity contribution in [2.75, 3.05) is 13.2 Å². The van der Waals surface area contributed by atoms with E-state index < -0.39 is 30.3 Å². The van der Waals surface area contributed by atoms with Crippen molar-refractivity contribution in [2.24, 2.45) is 0 Å². The number of carboxylic acids is 1. The van der Waals surface area contributed by atoms with Gasteiger partial charge in [-0.1, -0.05) is 24.3 Å². The highest BCUT2D eigenvalue weighted by atomic mass is 19.1. The molecule has 1 fully saturated rings. The number of benzene rings is 2. The zero-order chi connectivity index (χ0) is 21.7. The predicted octanol–water partition coefficient (Wildman–Crippen LogP) is 1.45. The average molecular weight is 413 g/mol. The second kappa shape index (κ2) is 9.08. The summed E-state index contributed by atoms with van der Waals surface area (Å²) in [5.41, 5.74) is 0.744. The molecule has 30 heavy (non-hydrogen) atoms. The number of carboxylic acid groups (broad SMARTS) is 1. The number of nitrogens with zero attached hydrogens (tertiary/aromatic N) is 1. The lowest BCUT2D eigenvalue weighted by Gasteiger charge is -2.13. The van der Waals surface area contributed by atoms with Crippen LogP contribution in [0.3, 0.4) is 0 Å². The minimum Gasteiger partial charge on any atom is -0.546 e. The highest BCUT2D eigenvalue weighted by molar-refractivity contribution is 6.13. The standard InChI is InChI=1S/C21H19FN2O6/c1-2-29-18-10-13(7-8-17(18)30-12-19(25)26)9-16-20(27)24(21(28)23-16)11-14-5-3-4-6-15(14)22/h3-10H,2,11-12H2,1H3,(H,23,28)(H,25,26)/p-1. The third-order valence-corrected chi connectivity index (χ3v) is 4.17. The van der Waals surface area contributed by atoms with Crippen LogP contribution in [0.5, 0.6) is 11.5 Å². The van der Waals surface area contributed by atoms with E-state index in [1.165, 1.54) is 30.3 Å². The van der Waals surface area contributed by atoms with Gasteiger partial charge in [-0.25, -0.2) is 9.18 Å². The number of carbonyl (C=O) groups excluding carboxylic acids is 3. The molecular formula is C21H18FN2O6-. The van der Waals surface area contributed by atoms with Crippen LogP contribution in [-0.2, 0) is 16.1 Å². The first-order valence-corrected chi connectivity index (χ1v) is 9.06. The van der Waals surface area contributed by atoms with E-state index in [9.17, 15) is 23.9 Å². The van der Waals surface area contributed by atoms with Gasteiger partial charge < -0.3 is 24.7 Å². The topological polar surface area (TPSA) is 108 Å². The fourth-order valence-electron chi connectivity index (χ4n) is 2.82. The molecule has 0 aliphatic carbocycles. The van der Waals surface area contributed by atoms with Crippen LogP contribution in [0.1, 0.15) is 18.1 Å². The van der Waals surface area contributed by atoms with E-state index >= 15 is 0 Å². The van der Waals surface area contributed by atoms with Crippen molar-refractivity contribution >= 4 is 24.0 Å². The Morgan fingerprint density at radius 1 is 1.17 bits per heavy atom. The molecule has 8 nitrogen and oxygen atoms in total. The largest absolute Gasteiger partial charge is 0.546 e. The molecule has 3 amide bonds. The Labute approximate surface area is 171 Å². The van der Waals surface area contributed by atoms with Crippen LogP contribution in [0.15, 0.2) is 48.2 Å². The van der Waals surface area contributed by atoms with Crippen LogP contribution in [-0.4, -0.2) is 36.0 Å². The Morgan fingerprint density at radius 3 is 2.63 bits per heavy atom. The zero-order valence-corrected chi connectivity index (χ0v) is 16.0. The molecule has 1 aliphatic heterocycles. The summed E-state index contributed by atoms with van der Waals surface area (Å²) in [4.78, 5) is 36.3. The summed E-state index contributed by atoms with van der Waals surface area (Å²) in [5, 5.41) is 13.1. The lowest BCUT2D eigenvalue weighted by Crippen LogP contribution is -2.30. The summed E-state index contributed by atoms with van der Waals surface area (Å²) < 4.78 is 24.4. The van der Waals surface area contributed by atoms with Gasteiger partial charge in [-0.2, -0.15) is 0 Å². The maximum Gasteiger partial charge on any atom is 0.329 e. The van der Waals surface area contributed by atoms with Crippen molar-refractivity contribution in [1.29, 1.82) is 0 Å². The van der Waals surface area contributed by atoms with Gasteiger partial charge in [-0.3, -0.25) is 9.69 Å². The van der Waals surface area contributed by atoms with Crippen LogP contribution in [0.25, 0.3) is 6.08 Å². The molecule has 156 valence electrons. The molecule has 9 heteroatoms. The number of aliphatic carboxylic acids is 1. The number of halogens is 1. The van der Waals surface area contributed by atoms with Crippen LogP contribution in [0.2, 0.25) is 0 Å². The van der Waals surface area contributed by atoms with Crippen molar-refractivity contribution in [3.63, 3.8) is 0 Å². The minimum absolute atomic E-state index is 0.0159. The van der Waals surface area contributed by atoms with Gasteiger partial charge in [0.2, 0.25) is 0 Å². The fraction of sp³-hybridized carbons (Fsp3) is 0.190. The summed E-state index contributed by atoms with van der Waals surface area (Å²) in [5.74, 6) is -2.01. The lowest BCUT2D eigenvalue weighted by molar-refractivity contribution is -0.307. The molecule has 2 aromatic carbocycles. The van der Waals surface area contributed by atoms with Gasteiger partial charge in [-0.05, 0) is 36.8 Å². The Hall–Kier alpha value is -3.88. The molecule has 0 aromatic heterocycles. The van der Waals surface area contributed by atoms with E-state index in [4.69, 9.17) is 9.47 Å². The van der Waals surface area contributed by atoms with Crippen LogP contribution < -0.4 is 19.9 Å². The number of hydrogen-bond acceptors (Lipinski definition) is 6. The summed E-state index contributed by atoms with van der Waals surface area (Å²) >= 11 is 0. The molecule has 1 aliphatic rings. The second-order valence-corrected chi connectivity index (χ2v) is 6.27. The van der Waals surface area contributed by atoms with E-state index in [-0.39, 0.29) is 29.3 Å². The van der Waals surface area contributed by atoms with Crippen molar-refractivity contribution in [3.8, 4) is 11.5 Å². The molecule has 3 rings (SSSR count). The molecule has 1 N–H and O–H groups in total. The van der Waals surface area contributed by atoms with E-state index in [1.54, 1.807) is 25.1 Å². The number of nitrogens with one attached hydrogen (secondary N) is 1.